The number of anilines is 1. The number of aromatic carboxylic acids is 1. The number of nitrogens with two attached hydrogens (primary N) is 1. The number of ether oxygens (including phenoxy) is 1. The highest BCUT2D eigenvalue weighted by Crippen LogP contribution is 2.31. The van der Waals surface area contributed by atoms with Gasteiger partial charge in [-0.05, 0) is 35.7 Å². The molecule has 4 nitrogen and oxygen atoms in total. The van der Waals surface area contributed by atoms with Crippen LogP contribution in [0.3, 0.4) is 0 Å². The number of benzene rings is 2. The minimum atomic E-state index is -0.932. The largest absolute Gasteiger partial charge is 0.495 e. The maximum absolute atomic E-state index is 11.2. The van der Waals surface area contributed by atoms with E-state index in [1.54, 1.807) is 37.4 Å². The van der Waals surface area contributed by atoms with Crippen molar-refractivity contribution in [2.45, 2.75) is 6.42 Å². The van der Waals surface area contributed by atoms with Crippen LogP contribution in [0.2, 0.25) is 0 Å². The van der Waals surface area contributed by atoms with E-state index >= 15 is 0 Å². The normalized spacial score (nSPS) is 10.3. The van der Waals surface area contributed by atoms with E-state index in [2.05, 4.69) is 15.9 Å². The molecule has 0 spiro atoms. The quantitative estimate of drug-likeness (QED) is 0.840. The first-order valence-electron chi connectivity index (χ1n) is 5.96. The van der Waals surface area contributed by atoms with Crippen molar-refractivity contribution in [2.75, 3.05) is 12.8 Å². The molecule has 0 atom stereocenters. The van der Waals surface area contributed by atoms with Gasteiger partial charge in [0, 0.05) is 4.47 Å². The van der Waals surface area contributed by atoms with E-state index in [1.807, 2.05) is 6.07 Å². The fourth-order valence-corrected chi connectivity index (χ4v) is 2.48. The molecular weight excluding hydrogens is 322 g/mol. The van der Waals surface area contributed by atoms with Gasteiger partial charge in [0.05, 0.1) is 18.4 Å². The molecule has 0 aromatic heterocycles. The molecule has 20 heavy (non-hydrogen) atoms. The molecule has 0 bridgehead atoms. The minimum absolute atomic E-state index is 0.300. The number of carbonyl (C=O) groups is 1. The van der Waals surface area contributed by atoms with Gasteiger partial charge in [-0.1, -0.05) is 34.1 Å². The number of hydrogen-bond donors (Lipinski definition) is 2. The number of carboxylic acids is 1. The Kier molecular flexibility index (Phi) is 4.29. The fraction of sp³-hybridized carbons (Fsp3) is 0.133. The first-order valence-corrected chi connectivity index (χ1v) is 6.75. The lowest BCUT2D eigenvalue weighted by Crippen LogP contribution is -2.03. The lowest BCUT2D eigenvalue weighted by Gasteiger charge is -2.11. The molecule has 0 aliphatic carbocycles. The number of carboxylic acid groups (broad SMARTS) is 1. The molecule has 2 rings (SSSR count). The average molecular weight is 336 g/mol. The maximum atomic E-state index is 11.2. The summed E-state index contributed by atoms with van der Waals surface area (Å²) in [7, 11) is 1.55. The van der Waals surface area contributed by atoms with E-state index < -0.39 is 5.97 Å². The zero-order valence-electron chi connectivity index (χ0n) is 10.9. The highest BCUT2D eigenvalue weighted by molar-refractivity contribution is 9.10. The van der Waals surface area contributed by atoms with Crippen molar-refractivity contribution >= 4 is 27.6 Å². The second-order valence-electron chi connectivity index (χ2n) is 4.32. The van der Waals surface area contributed by atoms with Crippen molar-refractivity contribution in [2.24, 2.45) is 0 Å². The molecule has 0 aliphatic heterocycles. The number of halogens is 1. The number of rotatable bonds is 4. The van der Waals surface area contributed by atoms with Crippen molar-refractivity contribution in [3.05, 3.63) is 57.6 Å². The van der Waals surface area contributed by atoms with Crippen molar-refractivity contribution in [1.82, 2.24) is 0 Å². The Morgan fingerprint density at radius 2 is 2.00 bits per heavy atom. The Morgan fingerprint density at radius 3 is 2.65 bits per heavy atom. The smallest absolute Gasteiger partial charge is 0.335 e. The standard InChI is InChI=1S/C15H14BrNO3/c1-20-14-8-12(16)10(7-13(14)17)6-9-4-2-3-5-11(9)15(18)19/h2-5,7-8H,6,17H2,1H3,(H,18,19). The third kappa shape index (κ3) is 2.93. The first kappa shape index (κ1) is 14.4. The van der Waals surface area contributed by atoms with Gasteiger partial charge in [-0.2, -0.15) is 0 Å². The van der Waals surface area contributed by atoms with Crippen molar-refractivity contribution in [3.8, 4) is 5.75 Å². The van der Waals surface area contributed by atoms with Crippen LogP contribution in [0.4, 0.5) is 5.69 Å². The second kappa shape index (κ2) is 5.96. The summed E-state index contributed by atoms with van der Waals surface area (Å²) in [5.74, 6) is -0.342. The average Bonchev–Trinajstić information content (AvgIpc) is 2.42. The van der Waals surface area contributed by atoms with Crippen LogP contribution in [0.1, 0.15) is 21.5 Å². The summed E-state index contributed by atoms with van der Waals surface area (Å²) in [5.41, 5.74) is 8.37. The van der Waals surface area contributed by atoms with Crippen LogP contribution >= 0.6 is 15.9 Å². The molecule has 0 saturated carbocycles. The molecule has 0 unspecified atom stereocenters. The SMILES string of the molecule is COc1cc(Br)c(Cc2ccccc2C(=O)O)cc1N. The van der Waals surface area contributed by atoms with Gasteiger partial charge in [-0.3, -0.25) is 0 Å². The lowest BCUT2D eigenvalue weighted by atomic mass is 9.99. The summed E-state index contributed by atoms with van der Waals surface area (Å²) < 4.78 is 5.98. The van der Waals surface area contributed by atoms with E-state index in [0.717, 1.165) is 15.6 Å². The summed E-state index contributed by atoms with van der Waals surface area (Å²) in [6.07, 6.45) is 0.483. The van der Waals surface area contributed by atoms with Gasteiger partial charge in [0.2, 0.25) is 0 Å². The summed E-state index contributed by atoms with van der Waals surface area (Å²) in [6, 6.07) is 10.5. The third-order valence-corrected chi connectivity index (χ3v) is 3.77. The highest BCUT2D eigenvalue weighted by Gasteiger charge is 2.12. The molecule has 0 amide bonds. The van der Waals surface area contributed by atoms with Crippen LogP contribution in [0.15, 0.2) is 40.9 Å². The van der Waals surface area contributed by atoms with Crippen LogP contribution in [-0.4, -0.2) is 18.2 Å². The molecule has 0 fully saturated rings. The van der Waals surface area contributed by atoms with Gasteiger partial charge in [-0.15, -0.1) is 0 Å². The van der Waals surface area contributed by atoms with Gasteiger partial charge in [0.25, 0.3) is 0 Å². The van der Waals surface area contributed by atoms with E-state index in [-0.39, 0.29) is 0 Å². The maximum Gasteiger partial charge on any atom is 0.335 e. The van der Waals surface area contributed by atoms with Crippen molar-refractivity contribution in [1.29, 1.82) is 0 Å². The molecule has 0 radical (unpaired) electrons. The van der Waals surface area contributed by atoms with Crippen LogP contribution in [-0.2, 0) is 6.42 Å². The predicted octanol–water partition coefficient (Wildman–Crippen LogP) is 3.33. The molecule has 3 N–H and O–H groups in total. The van der Waals surface area contributed by atoms with E-state index in [0.29, 0.717) is 23.4 Å². The van der Waals surface area contributed by atoms with Crippen LogP contribution in [0, 0.1) is 0 Å². The Hall–Kier alpha value is -2.01. The first-order chi connectivity index (χ1) is 9.52. The van der Waals surface area contributed by atoms with E-state index in [1.165, 1.54) is 0 Å². The van der Waals surface area contributed by atoms with Crippen molar-refractivity contribution < 1.29 is 14.6 Å². The highest BCUT2D eigenvalue weighted by atomic mass is 79.9. The summed E-state index contributed by atoms with van der Waals surface area (Å²) in [4.78, 5) is 11.2. The molecule has 0 heterocycles. The predicted molar refractivity (Wildman–Crippen MR) is 81.3 cm³/mol. The van der Waals surface area contributed by atoms with Crippen molar-refractivity contribution in [3.63, 3.8) is 0 Å². The van der Waals surface area contributed by atoms with E-state index in [9.17, 15) is 9.90 Å². The minimum Gasteiger partial charge on any atom is -0.495 e. The van der Waals surface area contributed by atoms with Gasteiger partial charge < -0.3 is 15.6 Å². The van der Waals surface area contributed by atoms with Crippen LogP contribution in [0.5, 0.6) is 5.75 Å². The molecule has 0 saturated heterocycles. The Bertz CT molecular complexity index is 656. The number of nitrogen functional groups attached to an aromatic ring is 1. The fourth-order valence-electron chi connectivity index (χ4n) is 2.02. The number of hydrogen-bond acceptors (Lipinski definition) is 3. The molecular formula is C15H14BrNO3. The van der Waals surface area contributed by atoms with Crippen LogP contribution < -0.4 is 10.5 Å². The van der Waals surface area contributed by atoms with Gasteiger partial charge in [0.15, 0.2) is 0 Å². The Balaban J connectivity index is 2.40. The second-order valence-corrected chi connectivity index (χ2v) is 5.18. The summed E-state index contributed by atoms with van der Waals surface area (Å²) in [5, 5.41) is 9.19. The van der Waals surface area contributed by atoms with Gasteiger partial charge in [0.1, 0.15) is 5.75 Å². The zero-order valence-corrected chi connectivity index (χ0v) is 12.5. The monoisotopic (exact) mass is 335 g/mol. The Labute approximate surface area is 125 Å². The van der Waals surface area contributed by atoms with E-state index in [4.69, 9.17) is 10.5 Å². The Morgan fingerprint density at radius 1 is 1.30 bits per heavy atom. The summed E-state index contributed by atoms with van der Waals surface area (Å²) >= 11 is 3.46. The van der Waals surface area contributed by atoms with Gasteiger partial charge >= 0.3 is 5.97 Å². The molecule has 2 aromatic rings. The lowest BCUT2D eigenvalue weighted by molar-refractivity contribution is 0.0696. The molecule has 0 aliphatic rings. The van der Waals surface area contributed by atoms with Crippen LogP contribution in [0.25, 0.3) is 0 Å². The molecule has 104 valence electrons. The topological polar surface area (TPSA) is 72.5 Å². The molecule has 2 aromatic carbocycles. The molecule has 5 heteroatoms. The number of methoxy groups -OCH3 is 1. The van der Waals surface area contributed by atoms with Gasteiger partial charge in [-0.25, -0.2) is 4.79 Å². The summed E-state index contributed by atoms with van der Waals surface area (Å²) in [6.45, 7) is 0. The third-order valence-electron chi connectivity index (χ3n) is 3.03. The zero-order chi connectivity index (χ0) is 14.7.